The van der Waals surface area contributed by atoms with Crippen molar-refractivity contribution in [1.82, 2.24) is 15.0 Å². The lowest BCUT2D eigenvalue weighted by Gasteiger charge is -2.17. The van der Waals surface area contributed by atoms with E-state index in [9.17, 15) is 4.79 Å². The van der Waals surface area contributed by atoms with Crippen molar-refractivity contribution in [3.8, 4) is 6.01 Å². The number of primary amides is 1. The van der Waals surface area contributed by atoms with Crippen LogP contribution in [0.5, 0.6) is 6.01 Å². The van der Waals surface area contributed by atoms with Gasteiger partial charge in [-0.1, -0.05) is 6.92 Å². The van der Waals surface area contributed by atoms with Gasteiger partial charge < -0.3 is 20.7 Å². The molecule has 0 aliphatic carbocycles. The van der Waals surface area contributed by atoms with Gasteiger partial charge in [0.15, 0.2) is 0 Å². The highest BCUT2D eigenvalue weighted by Crippen LogP contribution is 2.22. The molecular weight excluding hydrogens is 260 g/mol. The summed E-state index contributed by atoms with van der Waals surface area (Å²) in [4.78, 5) is 25.9. The maximum atomic E-state index is 11.2. The minimum atomic E-state index is -0.280. The first-order valence-electron chi connectivity index (χ1n) is 6.72. The summed E-state index contributed by atoms with van der Waals surface area (Å²) >= 11 is 0. The van der Waals surface area contributed by atoms with E-state index in [2.05, 4.69) is 27.2 Å². The van der Waals surface area contributed by atoms with Crippen LogP contribution in [0.4, 0.5) is 11.9 Å². The number of methoxy groups -OCH3 is 1. The molecule has 2 rings (SSSR count). The van der Waals surface area contributed by atoms with Crippen LogP contribution in [-0.4, -0.2) is 47.6 Å². The highest BCUT2D eigenvalue weighted by molar-refractivity contribution is 5.78. The van der Waals surface area contributed by atoms with Crippen LogP contribution >= 0.6 is 0 Å². The van der Waals surface area contributed by atoms with Crippen molar-refractivity contribution in [3.63, 3.8) is 0 Å². The van der Waals surface area contributed by atoms with Crippen molar-refractivity contribution in [2.45, 2.75) is 19.8 Å². The van der Waals surface area contributed by atoms with Gasteiger partial charge in [-0.3, -0.25) is 4.79 Å². The number of nitrogens with two attached hydrogens (primary N) is 1. The Labute approximate surface area is 117 Å². The van der Waals surface area contributed by atoms with E-state index in [1.54, 1.807) is 0 Å². The number of hydrogen-bond acceptors (Lipinski definition) is 7. The van der Waals surface area contributed by atoms with Gasteiger partial charge in [0.05, 0.1) is 13.0 Å². The third kappa shape index (κ3) is 3.25. The van der Waals surface area contributed by atoms with Crippen LogP contribution in [0.25, 0.3) is 0 Å². The highest BCUT2D eigenvalue weighted by atomic mass is 16.5. The van der Waals surface area contributed by atoms with E-state index in [0.717, 1.165) is 19.4 Å². The Morgan fingerprint density at radius 2 is 2.30 bits per heavy atom. The second-order valence-electron chi connectivity index (χ2n) is 4.71. The van der Waals surface area contributed by atoms with Crippen LogP contribution in [0.3, 0.4) is 0 Å². The van der Waals surface area contributed by atoms with E-state index in [1.165, 1.54) is 7.11 Å². The normalized spacial score (nSPS) is 18.1. The van der Waals surface area contributed by atoms with E-state index in [-0.39, 0.29) is 17.8 Å². The summed E-state index contributed by atoms with van der Waals surface area (Å²) in [6.07, 6.45) is 1.69. The van der Waals surface area contributed by atoms with Gasteiger partial charge >= 0.3 is 6.01 Å². The number of nitrogens with zero attached hydrogens (tertiary/aromatic N) is 4. The summed E-state index contributed by atoms with van der Waals surface area (Å²) in [5.41, 5.74) is 5.33. The molecule has 8 nitrogen and oxygen atoms in total. The average Bonchev–Trinajstić information content (AvgIpc) is 2.94. The monoisotopic (exact) mass is 280 g/mol. The lowest BCUT2D eigenvalue weighted by atomic mass is 10.1. The molecule has 0 bridgehead atoms. The molecule has 1 amide bonds. The number of anilines is 2. The molecule has 0 spiro atoms. The summed E-state index contributed by atoms with van der Waals surface area (Å²) < 4.78 is 5.09. The molecule has 2 heterocycles. The molecule has 1 aromatic heterocycles. The molecular formula is C12H20N6O2. The zero-order valence-corrected chi connectivity index (χ0v) is 11.8. The van der Waals surface area contributed by atoms with Gasteiger partial charge in [0.1, 0.15) is 0 Å². The molecule has 8 heteroatoms. The van der Waals surface area contributed by atoms with E-state index < -0.39 is 0 Å². The van der Waals surface area contributed by atoms with Crippen molar-refractivity contribution >= 4 is 17.8 Å². The Morgan fingerprint density at radius 3 is 2.90 bits per heavy atom. The zero-order valence-electron chi connectivity index (χ0n) is 11.8. The predicted molar refractivity (Wildman–Crippen MR) is 74.7 cm³/mol. The molecule has 110 valence electrons. The molecule has 1 aromatic rings. The van der Waals surface area contributed by atoms with Crippen LogP contribution in [0.1, 0.15) is 19.8 Å². The number of rotatable bonds is 6. The minimum absolute atomic E-state index is 0.148. The number of carbonyl (C=O) groups is 1. The van der Waals surface area contributed by atoms with E-state index in [1.807, 2.05) is 4.90 Å². The quantitative estimate of drug-likeness (QED) is 0.756. The van der Waals surface area contributed by atoms with Crippen molar-refractivity contribution < 1.29 is 9.53 Å². The molecule has 20 heavy (non-hydrogen) atoms. The first-order chi connectivity index (χ1) is 9.63. The first-order valence-corrected chi connectivity index (χ1v) is 6.72. The lowest BCUT2D eigenvalue weighted by molar-refractivity contribution is -0.121. The van der Waals surface area contributed by atoms with Crippen LogP contribution in [0, 0.1) is 5.92 Å². The molecule has 3 N–H and O–H groups in total. The van der Waals surface area contributed by atoms with Gasteiger partial charge in [-0.25, -0.2) is 0 Å². The number of amides is 1. The van der Waals surface area contributed by atoms with Crippen molar-refractivity contribution in [2.24, 2.45) is 11.7 Å². The first kappa shape index (κ1) is 14.3. The summed E-state index contributed by atoms with van der Waals surface area (Å²) in [7, 11) is 1.51. The maximum absolute atomic E-state index is 11.2. The highest BCUT2D eigenvalue weighted by Gasteiger charge is 2.28. The molecule has 1 aliphatic rings. The number of hydrogen-bond donors (Lipinski definition) is 2. The van der Waals surface area contributed by atoms with Gasteiger partial charge in [0.25, 0.3) is 0 Å². The Hall–Kier alpha value is -2.12. The lowest BCUT2D eigenvalue weighted by Crippen LogP contribution is -2.28. The van der Waals surface area contributed by atoms with E-state index in [4.69, 9.17) is 10.5 Å². The minimum Gasteiger partial charge on any atom is -0.467 e. The fourth-order valence-electron chi connectivity index (χ4n) is 2.07. The molecule has 1 atom stereocenters. The standard InChI is InChI=1S/C12H20N6O2/c1-3-5-14-10-15-11(17-12(16-10)20-2)18-6-4-8(7-18)9(13)19/h8H,3-7H2,1-2H3,(H2,13,19)(H,14,15,16,17). The van der Waals surface area contributed by atoms with Crippen molar-refractivity contribution in [3.05, 3.63) is 0 Å². The maximum Gasteiger partial charge on any atom is 0.322 e. The summed E-state index contributed by atoms with van der Waals surface area (Å²) in [5.74, 6) is 0.568. The molecule has 0 saturated carbocycles. The van der Waals surface area contributed by atoms with Crippen LogP contribution < -0.4 is 20.7 Å². The van der Waals surface area contributed by atoms with Gasteiger partial charge in [-0.2, -0.15) is 15.0 Å². The Kier molecular flexibility index (Phi) is 4.54. The number of ether oxygens (including phenoxy) is 1. The van der Waals surface area contributed by atoms with E-state index >= 15 is 0 Å². The Balaban J connectivity index is 2.16. The fraction of sp³-hybridized carbons (Fsp3) is 0.667. The number of aromatic nitrogens is 3. The number of nitrogens with one attached hydrogen (secondary N) is 1. The van der Waals surface area contributed by atoms with Crippen molar-refractivity contribution in [2.75, 3.05) is 37.0 Å². The molecule has 1 aliphatic heterocycles. The third-order valence-corrected chi connectivity index (χ3v) is 3.19. The number of carbonyl (C=O) groups excluding carboxylic acids is 1. The Bertz CT molecular complexity index is 481. The predicted octanol–water partition coefficient (Wildman–Crippen LogP) is 0.0137. The van der Waals surface area contributed by atoms with E-state index in [0.29, 0.717) is 25.0 Å². The van der Waals surface area contributed by atoms with Gasteiger partial charge in [0.2, 0.25) is 17.8 Å². The van der Waals surface area contributed by atoms with Crippen LogP contribution in [0.2, 0.25) is 0 Å². The van der Waals surface area contributed by atoms with Gasteiger partial charge in [0, 0.05) is 19.6 Å². The average molecular weight is 280 g/mol. The summed E-state index contributed by atoms with van der Waals surface area (Å²) in [6, 6.07) is 0.260. The van der Waals surface area contributed by atoms with Gasteiger partial charge in [-0.15, -0.1) is 0 Å². The second-order valence-corrected chi connectivity index (χ2v) is 4.71. The van der Waals surface area contributed by atoms with Gasteiger partial charge in [-0.05, 0) is 12.8 Å². The summed E-state index contributed by atoms with van der Waals surface area (Å²) in [6.45, 7) is 4.07. The zero-order chi connectivity index (χ0) is 14.5. The van der Waals surface area contributed by atoms with Crippen molar-refractivity contribution in [1.29, 1.82) is 0 Å². The topological polar surface area (TPSA) is 106 Å². The third-order valence-electron chi connectivity index (χ3n) is 3.19. The largest absolute Gasteiger partial charge is 0.467 e. The smallest absolute Gasteiger partial charge is 0.322 e. The Morgan fingerprint density at radius 1 is 1.50 bits per heavy atom. The molecule has 1 saturated heterocycles. The SMILES string of the molecule is CCCNc1nc(OC)nc(N2CCC(C(N)=O)C2)n1. The van der Waals surface area contributed by atoms with Crippen LogP contribution in [0.15, 0.2) is 0 Å². The molecule has 1 fully saturated rings. The molecule has 0 aromatic carbocycles. The molecule has 1 unspecified atom stereocenters. The molecule has 0 radical (unpaired) electrons. The second kappa shape index (κ2) is 6.36. The fourth-order valence-corrected chi connectivity index (χ4v) is 2.07. The summed E-state index contributed by atoms with van der Waals surface area (Å²) in [5, 5.41) is 3.11. The van der Waals surface area contributed by atoms with Crippen LogP contribution in [-0.2, 0) is 4.79 Å².